The maximum absolute atomic E-state index is 11.5. The summed E-state index contributed by atoms with van der Waals surface area (Å²) in [7, 11) is 0.0708. The van der Waals surface area contributed by atoms with Gasteiger partial charge in [-0.1, -0.05) is 0 Å². The van der Waals surface area contributed by atoms with Gasteiger partial charge in [-0.05, 0) is 19.8 Å². The van der Waals surface area contributed by atoms with Crippen molar-refractivity contribution in [2.75, 3.05) is 20.6 Å². The second-order valence-corrected chi connectivity index (χ2v) is 6.39. The van der Waals surface area contributed by atoms with Crippen molar-refractivity contribution in [3.63, 3.8) is 0 Å². The molecule has 1 fully saturated rings. The van der Waals surface area contributed by atoms with Gasteiger partial charge < -0.3 is 5.32 Å². The van der Waals surface area contributed by atoms with Gasteiger partial charge in [-0.15, -0.1) is 0 Å². The van der Waals surface area contributed by atoms with E-state index in [2.05, 4.69) is 5.32 Å². The Kier molecular flexibility index (Phi) is 3.32. The molecule has 0 radical (unpaired) electrons. The number of sulfonamides is 1. The largest absolute Gasteiger partial charge is 0.313 e. The summed E-state index contributed by atoms with van der Waals surface area (Å²) in [6.07, 6.45) is 2.38. The monoisotopic (exact) mass is 206 g/mol. The molecule has 0 aliphatic heterocycles. The summed E-state index contributed by atoms with van der Waals surface area (Å²) >= 11 is 0. The lowest BCUT2D eigenvalue weighted by Crippen LogP contribution is -2.38. The molecule has 1 N–H and O–H groups in total. The van der Waals surface area contributed by atoms with Crippen molar-refractivity contribution in [2.24, 2.45) is 0 Å². The highest BCUT2D eigenvalue weighted by atomic mass is 32.2. The number of hydrogen-bond donors (Lipinski definition) is 1. The average molecular weight is 206 g/mol. The lowest BCUT2D eigenvalue weighted by atomic mass is 10.4. The molecule has 0 aromatic carbocycles. The highest BCUT2D eigenvalue weighted by Crippen LogP contribution is 2.18. The third-order valence-corrected chi connectivity index (χ3v) is 4.49. The van der Waals surface area contributed by atoms with Gasteiger partial charge in [0.25, 0.3) is 0 Å². The van der Waals surface area contributed by atoms with E-state index in [9.17, 15) is 8.42 Å². The minimum Gasteiger partial charge on any atom is -0.313 e. The first-order valence-corrected chi connectivity index (χ1v) is 6.09. The standard InChI is InChI=1S/C8H18N2O2S/c1-7(6-9-8-4-5-8)13(11,12)10(2)3/h7-9H,4-6H2,1-3H3. The van der Waals surface area contributed by atoms with Crippen LogP contribution in [0.4, 0.5) is 0 Å². The van der Waals surface area contributed by atoms with Crippen LogP contribution in [0.5, 0.6) is 0 Å². The molecule has 1 aliphatic carbocycles. The number of nitrogens with one attached hydrogen (secondary N) is 1. The first-order chi connectivity index (χ1) is 5.94. The Morgan fingerprint density at radius 2 is 2.00 bits per heavy atom. The SMILES string of the molecule is CC(CNC1CC1)S(=O)(=O)N(C)C. The van der Waals surface area contributed by atoms with Crippen LogP contribution in [0.1, 0.15) is 19.8 Å². The third kappa shape index (κ3) is 2.93. The summed E-state index contributed by atoms with van der Waals surface area (Å²) in [5.41, 5.74) is 0. The van der Waals surface area contributed by atoms with Gasteiger partial charge in [-0.25, -0.2) is 12.7 Å². The van der Waals surface area contributed by atoms with Crippen LogP contribution in [0.25, 0.3) is 0 Å². The molecule has 0 heterocycles. The van der Waals surface area contributed by atoms with Crippen LogP contribution < -0.4 is 5.32 Å². The van der Waals surface area contributed by atoms with E-state index in [1.165, 1.54) is 17.1 Å². The van der Waals surface area contributed by atoms with E-state index in [1.54, 1.807) is 21.0 Å². The summed E-state index contributed by atoms with van der Waals surface area (Å²) in [6.45, 7) is 2.30. The molecule has 1 unspecified atom stereocenters. The van der Waals surface area contributed by atoms with Crippen molar-refractivity contribution < 1.29 is 8.42 Å². The zero-order valence-electron chi connectivity index (χ0n) is 8.45. The highest BCUT2D eigenvalue weighted by molar-refractivity contribution is 7.89. The van der Waals surface area contributed by atoms with Crippen molar-refractivity contribution >= 4 is 10.0 Å². The Bertz CT molecular complexity index is 257. The molecular weight excluding hydrogens is 188 g/mol. The van der Waals surface area contributed by atoms with Gasteiger partial charge in [0, 0.05) is 26.7 Å². The molecule has 0 aromatic heterocycles. The Balaban J connectivity index is 2.40. The maximum Gasteiger partial charge on any atom is 0.217 e. The smallest absolute Gasteiger partial charge is 0.217 e. The first kappa shape index (κ1) is 10.9. The van der Waals surface area contributed by atoms with Crippen LogP contribution in [0.3, 0.4) is 0 Å². The van der Waals surface area contributed by atoms with Crippen LogP contribution in [-0.2, 0) is 10.0 Å². The molecule has 1 atom stereocenters. The fourth-order valence-electron chi connectivity index (χ4n) is 1.09. The van der Waals surface area contributed by atoms with Crippen LogP contribution in [-0.4, -0.2) is 44.7 Å². The number of nitrogens with zero attached hydrogens (tertiary/aromatic N) is 1. The lowest BCUT2D eigenvalue weighted by Gasteiger charge is -2.18. The zero-order valence-corrected chi connectivity index (χ0v) is 9.26. The Labute approximate surface area is 80.4 Å². The van der Waals surface area contributed by atoms with E-state index in [-0.39, 0.29) is 5.25 Å². The Morgan fingerprint density at radius 1 is 1.46 bits per heavy atom. The van der Waals surface area contributed by atoms with E-state index >= 15 is 0 Å². The maximum atomic E-state index is 11.5. The second-order valence-electron chi connectivity index (χ2n) is 3.82. The molecule has 4 nitrogen and oxygen atoms in total. The van der Waals surface area contributed by atoms with E-state index < -0.39 is 10.0 Å². The van der Waals surface area contributed by atoms with Gasteiger partial charge in [-0.2, -0.15) is 0 Å². The first-order valence-electron chi connectivity index (χ1n) is 4.59. The highest BCUT2D eigenvalue weighted by Gasteiger charge is 2.26. The molecule has 13 heavy (non-hydrogen) atoms. The fraction of sp³-hybridized carbons (Fsp3) is 1.00. The molecule has 1 rings (SSSR count). The van der Waals surface area contributed by atoms with E-state index in [0.717, 1.165) is 0 Å². The van der Waals surface area contributed by atoms with Crippen molar-refractivity contribution in [3.8, 4) is 0 Å². The molecule has 0 spiro atoms. The van der Waals surface area contributed by atoms with Gasteiger partial charge in [0.2, 0.25) is 10.0 Å². The van der Waals surface area contributed by atoms with Crippen molar-refractivity contribution in [3.05, 3.63) is 0 Å². The van der Waals surface area contributed by atoms with Gasteiger partial charge in [-0.3, -0.25) is 0 Å². The van der Waals surface area contributed by atoms with Crippen LogP contribution >= 0.6 is 0 Å². The summed E-state index contributed by atoms with van der Waals surface area (Å²) in [5, 5.41) is 2.88. The molecule has 1 saturated carbocycles. The predicted molar refractivity (Wildman–Crippen MR) is 53.1 cm³/mol. The third-order valence-electron chi connectivity index (χ3n) is 2.29. The van der Waals surface area contributed by atoms with Crippen molar-refractivity contribution in [1.82, 2.24) is 9.62 Å². The summed E-state index contributed by atoms with van der Waals surface area (Å²) < 4.78 is 24.4. The average Bonchev–Trinajstić information content (AvgIpc) is 2.82. The molecule has 1 aliphatic rings. The normalized spacial score (nSPS) is 20.6. The van der Waals surface area contributed by atoms with Gasteiger partial charge >= 0.3 is 0 Å². The molecule has 0 saturated heterocycles. The summed E-state index contributed by atoms with van der Waals surface area (Å²) in [4.78, 5) is 0. The number of rotatable bonds is 5. The van der Waals surface area contributed by atoms with E-state index in [1.807, 2.05) is 0 Å². The predicted octanol–water partition coefficient (Wildman–Crippen LogP) is 0.0183. The molecular formula is C8H18N2O2S. The molecule has 78 valence electrons. The minimum absolute atomic E-state index is 0.330. The van der Waals surface area contributed by atoms with Gasteiger partial charge in [0.1, 0.15) is 0 Å². The topological polar surface area (TPSA) is 49.4 Å². The van der Waals surface area contributed by atoms with Crippen molar-refractivity contribution in [1.29, 1.82) is 0 Å². The second kappa shape index (κ2) is 3.94. The molecule has 0 amide bonds. The Hall–Kier alpha value is -0.130. The minimum atomic E-state index is -3.07. The van der Waals surface area contributed by atoms with Crippen LogP contribution in [0, 0.1) is 0 Å². The zero-order chi connectivity index (χ0) is 10.1. The quantitative estimate of drug-likeness (QED) is 0.690. The molecule has 0 bridgehead atoms. The van der Waals surface area contributed by atoms with E-state index in [4.69, 9.17) is 0 Å². The van der Waals surface area contributed by atoms with Crippen molar-refractivity contribution in [2.45, 2.75) is 31.1 Å². The molecule has 5 heteroatoms. The Morgan fingerprint density at radius 3 is 2.38 bits per heavy atom. The van der Waals surface area contributed by atoms with Crippen LogP contribution in [0.2, 0.25) is 0 Å². The van der Waals surface area contributed by atoms with E-state index in [0.29, 0.717) is 12.6 Å². The van der Waals surface area contributed by atoms with Gasteiger partial charge in [0.15, 0.2) is 0 Å². The fourth-order valence-corrected chi connectivity index (χ4v) is 2.11. The lowest BCUT2D eigenvalue weighted by molar-refractivity contribution is 0.501. The van der Waals surface area contributed by atoms with Gasteiger partial charge in [0.05, 0.1) is 5.25 Å². The summed E-state index contributed by atoms with van der Waals surface area (Å²) in [5.74, 6) is 0. The molecule has 0 aromatic rings. The summed E-state index contributed by atoms with van der Waals surface area (Å²) in [6, 6.07) is 0.569. The number of hydrogen-bond acceptors (Lipinski definition) is 3. The van der Waals surface area contributed by atoms with Crippen LogP contribution in [0.15, 0.2) is 0 Å².